The third kappa shape index (κ3) is 4.56. The van der Waals surface area contributed by atoms with Gasteiger partial charge in [0, 0.05) is 37.9 Å². The van der Waals surface area contributed by atoms with Crippen molar-refractivity contribution in [1.82, 2.24) is 19.2 Å². The van der Waals surface area contributed by atoms with Gasteiger partial charge in [-0.25, -0.2) is 22.2 Å². The number of piperidine rings is 1. The molecule has 2 heterocycles. The molecule has 2 aromatic carbocycles. The van der Waals surface area contributed by atoms with Crippen molar-refractivity contribution in [3.05, 3.63) is 78.4 Å². The Labute approximate surface area is 184 Å². The molecule has 1 saturated heterocycles. The number of aromatic nitrogens is 2. The highest BCUT2D eigenvalue weighted by Crippen LogP contribution is 2.25. The van der Waals surface area contributed by atoms with Crippen LogP contribution in [-0.4, -0.2) is 41.3 Å². The fourth-order valence-electron chi connectivity index (χ4n) is 3.76. The van der Waals surface area contributed by atoms with Gasteiger partial charge in [-0.3, -0.25) is 4.79 Å². The van der Waals surface area contributed by atoms with E-state index in [1.165, 1.54) is 34.9 Å². The van der Waals surface area contributed by atoms with Gasteiger partial charge in [-0.1, -0.05) is 18.2 Å². The Hall–Kier alpha value is -3.11. The first-order valence-electron chi connectivity index (χ1n) is 10.2. The third-order valence-corrected chi connectivity index (χ3v) is 7.47. The van der Waals surface area contributed by atoms with E-state index < -0.39 is 21.7 Å². The minimum absolute atomic E-state index is 0.128. The van der Waals surface area contributed by atoms with Gasteiger partial charge in [0.15, 0.2) is 0 Å². The first-order valence-corrected chi connectivity index (χ1v) is 11.6. The van der Waals surface area contributed by atoms with Gasteiger partial charge >= 0.3 is 0 Å². The largest absolute Gasteiger partial charge is 0.352 e. The van der Waals surface area contributed by atoms with Crippen LogP contribution < -0.4 is 5.32 Å². The van der Waals surface area contributed by atoms with Crippen LogP contribution in [0.25, 0.3) is 5.69 Å². The van der Waals surface area contributed by atoms with Crippen LogP contribution in [0.15, 0.2) is 66.1 Å². The average Bonchev–Trinajstić information content (AvgIpc) is 3.32. The minimum atomic E-state index is -3.95. The molecule has 1 aromatic heterocycles. The number of nitrogens with zero attached hydrogens (tertiary/aromatic N) is 3. The maximum atomic E-state index is 14.4. The molecule has 0 unspecified atom stereocenters. The number of sulfonamides is 1. The van der Waals surface area contributed by atoms with Crippen molar-refractivity contribution in [2.24, 2.45) is 5.92 Å². The van der Waals surface area contributed by atoms with E-state index in [0.717, 1.165) is 6.07 Å². The van der Waals surface area contributed by atoms with E-state index >= 15 is 0 Å². The Morgan fingerprint density at radius 2 is 1.84 bits per heavy atom. The van der Waals surface area contributed by atoms with Crippen LogP contribution >= 0.6 is 0 Å². The van der Waals surface area contributed by atoms with Gasteiger partial charge in [0.2, 0.25) is 15.9 Å². The van der Waals surface area contributed by atoms with E-state index in [1.54, 1.807) is 29.1 Å². The molecule has 3 aromatic rings. The number of imidazole rings is 1. The number of hydrogen-bond donors (Lipinski definition) is 1. The molecule has 4 rings (SSSR count). The van der Waals surface area contributed by atoms with Gasteiger partial charge in [-0.05, 0) is 42.7 Å². The highest BCUT2D eigenvalue weighted by molar-refractivity contribution is 7.89. The summed E-state index contributed by atoms with van der Waals surface area (Å²) in [7, 11) is -3.95. The topological polar surface area (TPSA) is 84.3 Å². The summed E-state index contributed by atoms with van der Waals surface area (Å²) in [6, 6.07) is 9.95. The normalized spacial score (nSPS) is 15.6. The minimum Gasteiger partial charge on any atom is -0.352 e. The Morgan fingerprint density at radius 3 is 2.50 bits per heavy atom. The number of halogens is 2. The van der Waals surface area contributed by atoms with Gasteiger partial charge in [0.25, 0.3) is 0 Å². The van der Waals surface area contributed by atoms with Gasteiger partial charge in [0.1, 0.15) is 16.5 Å². The van der Waals surface area contributed by atoms with E-state index in [0.29, 0.717) is 24.1 Å². The SMILES string of the molecule is O=C(NCc1ccc(-n2ccnc2)c(F)c1)C1CCN(S(=O)(=O)c2ccccc2F)CC1. The molecule has 0 radical (unpaired) electrons. The van der Waals surface area contributed by atoms with Gasteiger partial charge in [-0.15, -0.1) is 0 Å². The number of benzene rings is 2. The second kappa shape index (κ2) is 9.17. The molecule has 0 spiro atoms. The van der Waals surface area contributed by atoms with Crippen LogP contribution in [0.2, 0.25) is 0 Å². The number of nitrogens with one attached hydrogen (secondary N) is 1. The maximum absolute atomic E-state index is 14.4. The zero-order chi connectivity index (χ0) is 22.7. The fraction of sp³-hybridized carbons (Fsp3) is 0.273. The Bertz CT molecular complexity index is 1210. The molecule has 1 aliphatic rings. The molecule has 1 fully saturated rings. The lowest BCUT2D eigenvalue weighted by molar-refractivity contribution is -0.126. The lowest BCUT2D eigenvalue weighted by Gasteiger charge is -2.30. The maximum Gasteiger partial charge on any atom is 0.245 e. The second-order valence-electron chi connectivity index (χ2n) is 7.58. The summed E-state index contributed by atoms with van der Waals surface area (Å²) >= 11 is 0. The van der Waals surface area contributed by atoms with Crippen molar-refractivity contribution in [2.75, 3.05) is 13.1 Å². The quantitative estimate of drug-likeness (QED) is 0.613. The van der Waals surface area contributed by atoms with Crippen molar-refractivity contribution in [3.8, 4) is 5.69 Å². The summed E-state index contributed by atoms with van der Waals surface area (Å²) in [6.07, 6.45) is 5.35. The first-order chi connectivity index (χ1) is 15.4. The molecule has 10 heteroatoms. The van der Waals surface area contributed by atoms with E-state index in [-0.39, 0.29) is 36.4 Å². The molecule has 0 bridgehead atoms. The van der Waals surface area contributed by atoms with Crippen LogP contribution in [0.1, 0.15) is 18.4 Å². The van der Waals surface area contributed by atoms with E-state index in [2.05, 4.69) is 10.3 Å². The Balaban J connectivity index is 1.32. The zero-order valence-electron chi connectivity index (χ0n) is 17.1. The van der Waals surface area contributed by atoms with Crippen LogP contribution in [0.3, 0.4) is 0 Å². The lowest BCUT2D eigenvalue weighted by Crippen LogP contribution is -2.43. The summed E-state index contributed by atoms with van der Waals surface area (Å²) in [5, 5.41) is 2.79. The van der Waals surface area contributed by atoms with E-state index in [9.17, 15) is 22.0 Å². The van der Waals surface area contributed by atoms with Gasteiger partial charge in [-0.2, -0.15) is 4.31 Å². The standard InChI is InChI=1S/C22H22F2N4O3S/c23-18-3-1-2-4-21(18)32(30,31)28-10-7-17(8-11-28)22(29)26-14-16-5-6-20(19(24)13-16)27-12-9-25-15-27/h1-6,9,12-13,15,17H,7-8,10-11,14H2,(H,26,29). The molecule has 1 N–H and O–H groups in total. The van der Waals surface area contributed by atoms with E-state index in [1.807, 2.05) is 0 Å². The van der Waals surface area contributed by atoms with Crippen molar-refractivity contribution >= 4 is 15.9 Å². The third-order valence-electron chi connectivity index (χ3n) is 5.54. The van der Waals surface area contributed by atoms with E-state index in [4.69, 9.17) is 0 Å². The highest BCUT2D eigenvalue weighted by atomic mass is 32.2. The molecule has 0 atom stereocenters. The summed E-state index contributed by atoms with van der Waals surface area (Å²) in [4.78, 5) is 16.1. The first kappa shape index (κ1) is 22.1. The summed E-state index contributed by atoms with van der Waals surface area (Å²) in [5.41, 5.74) is 0.972. The molecule has 0 aliphatic carbocycles. The number of carbonyl (C=O) groups is 1. The smallest absolute Gasteiger partial charge is 0.245 e. The molecule has 0 saturated carbocycles. The molecule has 7 nitrogen and oxygen atoms in total. The second-order valence-corrected chi connectivity index (χ2v) is 9.49. The van der Waals surface area contributed by atoms with Gasteiger partial charge < -0.3 is 9.88 Å². The average molecular weight is 461 g/mol. The van der Waals surface area contributed by atoms with Crippen molar-refractivity contribution in [3.63, 3.8) is 0 Å². The molecular formula is C22H22F2N4O3S. The molecule has 168 valence electrons. The number of rotatable bonds is 6. The predicted octanol–water partition coefficient (Wildman–Crippen LogP) is 2.87. The summed E-state index contributed by atoms with van der Waals surface area (Å²) in [6.45, 7) is 0.416. The van der Waals surface area contributed by atoms with Crippen LogP contribution in [0.5, 0.6) is 0 Å². The molecule has 1 aliphatic heterocycles. The number of hydrogen-bond acceptors (Lipinski definition) is 4. The summed E-state index contributed by atoms with van der Waals surface area (Å²) in [5.74, 6) is -1.80. The molecular weight excluding hydrogens is 438 g/mol. The molecule has 32 heavy (non-hydrogen) atoms. The lowest BCUT2D eigenvalue weighted by atomic mass is 9.97. The molecule has 1 amide bonds. The van der Waals surface area contributed by atoms with Crippen molar-refractivity contribution in [1.29, 1.82) is 0 Å². The van der Waals surface area contributed by atoms with Crippen LogP contribution in [0, 0.1) is 17.6 Å². The van der Waals surface area contributed by atoms with Crippen LogP contribution in [0.4, 0.5) is 8.78 Å². The number of amides is 1. The monoisotopic (exact) mass is 460 g/mol. The fourth-order valence-corrected chi connectivity index (χ4v) is 5.29. The van der Waals surface area contributed by atoms with Crippen molar-refractivity contribution < 1.29 is 22.0 Å². The predicted molar refractivity (Wildman–Crippen MR) is 113 cm³/mol. The highest BCUT2D eigenvalue weighted by Gasteiger charge is 2.33. The van der Waals surface area contributed by atoms with Gasteiger partial charge in [0.05, 0.1) is 12.0 Å². The summed E-state index contributed by atoms with van der Waals surface area (Å²) < 4.78 is 56.4. The number of carbonyl (C=O) groups excluding carboxylic acids is 1. The van der Waals surface area contributed by atoms with Crippen LogP contribution in [-0.2, 0) is 21.4 Å². The Morgan fingerprint density at radius 1 is 1.09 bits per heavy atom. The Kier molecular flexibility index (Phi) is 6.33. The van der Waals surface area contributed by atoms with Crippen molar-refractivity contribution in [2.45, 2.75) is 24.3 Å². The zero-order valence-corrected chi connectivity index (χ0v) is 17.9.